The SMILES string of the molecule is C=CCN(C(=O)NC(CC)C(=O)O)C(C)C. The fourth-order valence-electron chi connectivity index (χ4n) is 1.24. The van der Waals surface area contributed by atoms with Gasteiger partial charge in [-0.05, 0) is 20.3 Å². The summed E-state index contributed by atoms with van der Waals surface area (Å²) in [4.78, 5) is 24.0. The van der Waals surface area contributed by atoms with Crippen LogP contribution in [-0.4, -0.2) is 40.6 Å². The highest BCUT2D eigenvalue weighted by Crippen LogP contribution is 2.01. The predicted molar refractivity (Wildman–Crippen MR) is 62.3 cm³/mol. The number of carboxylic acid groups (broad SMARTS) is 1. The summed E-state index contributed by atoms with van der Waals surface area (Å²) in [6.45, 7) is 9.41. The van der Waals surface area contributed by atoms with Crippen LogP contribution in [-0.2, 0) is 4.79 Å². The van der Waals surface area contributed by atoms with Gasteiger partial charge in [0.25, 0.3) is 0 Å². The molecule has 0 rings (SSSR count). The minimum atomic E-state index is -1.02. The Bertz CT molecular complexity index is 264. The van der Waals surface area contributed by atoms with Gasteiger partial charge in [0, 0.05) is 12.6 Å². The number of nitrogens with zero attached hydrogens (tertiary/aromatic N) is 1. The zero-order valence-corrected chi connectivity index (χ0v) is 10.1. The van der Waals surface area contributed by atoms with E-state index >= 15 is 0 Å². The summed E-state index contributed by atoms with van der Waals surface area (Å²) in [6.07, 6.45) is 1.97. The van der Waals surface area contributed by atoms with Crippen molar-refractivity contribution in [3.8, 4) is 0 Å². The molecule has 0 bridgehead atoms. The summed E-state index contributed by atoms with van der Waals surface area (Å²) >= 11 is 0. The molecule has 0 spiro atoms. The summed E-state index contributed by atoms with van der Waals surface area (Å²) in [5.41, 5.74) is 0. The largest absolute Gasteiger partial charge is 0.480 e. The smallest absolute Gasteiger partial charge is 0.326 e. The molecule has 0 heterocycles. The van der Waals surface area contributed by atoms with Crippen LogP contribution in [0.3, 0.4) is 0 Å². The normalized spacial score (nSPS) is 12.0. The molecule has 5 heteroatoms. The first kappa shape index (κ1) is 14.5. The average Bonchev–Trinajstić information content (AvgIpc) is 2.21. The van der Waals surface area contributed by atoms with E-state index < -0.39 is 12.0 Å². The van der Waals surface area contributed by atoms with Gasteiger partial charge in [-0.1, -0.05) is 13.0 Å². The van der Waals surface area contributed by atoms with E-state index in [9.17, 15) is 9.59 Å². The number of hydrogen-bond acceptors (Lipinski definition) is 2. The molecule has 1 unspecified atom stereocenters. The lowest BCUT2D eigenvalue weighted by atomic mass is 10.2. The van der Waals surface area contributed by atoms with Gasteiger partial charge < -0.3 is 15.3 Å². The summed E-state index contributed by atoms with van der Waals surface area (Å²) < 4.78 is 0. The van der Waals surface area contributed by atoms with E-state index in [-0.39, 0.29) is 12.1 Å². The molecule has 2 N–H and O–H groups in total. The second-order valence-electron chi connectivity index (χ2n) is 3.78. The van der Waals surface area contributed by atoms with Gasteiger partial charge in [0.2, 0.25) is 0 Å². The molecule has 0 aromatic rings. The zero-order valence-electron chi connectivity index (χ0n) is 10.1. The molecule has 0 radical (unpaired) electrons. The van der Waals surface area contributed by atoms with Gasteiger partial charge in [-0.3, -0.25) is 0 Å². The Morgan fingerprint density at radius 2 is 2.06 bits per heavy atom. The van der Waals surface area contributed by atoms with E-state index in [2.05, 4.69) is 11.9 Å². The highest BCUT2D eigenvalue weighted by Gasteiger charge is 2.22. The second-order valence-corrected chi connectivity index (χ2v) is 3.78. The Labute approximate surface area is 96.1 Å². The molecular weight excluding hydrogens is 208 g/mol. The third-order valence-corrected chi connectivity index (χ3v) is 2.21. The zero-order chi connectivity index (χ0) is 12.7. The molecular formula is C11H20N2O3. The molecule has 1 atom stereocenters. The van der Waals surface area contributed by atoms with E-state index in [1.165, 1.54) is 4.90 Å². The molecule has 0 aliphatic heterocycles. The molecule has 92 valence electrons. The second kappa shape index (κ2) is 6.87. The number of carboxylic acids is 1. The van der Waals surface area contributed by atoms with Crippen LogP contribution in [0.5, 0.6) is 0 Å². The van der Waals surface area contributed by atoms with Gasteiger partial charge in [-0.2, -0.15) is 0 Å². The van der Waals surface area contributed by atoms with Crippen LogP contribution in [0.25, 0.3) is 0 Å². The Balaban J connectivity index is 4.50. The monoisotopic (exact) mass is 228 g/mol. The van der Waals surface area contributed by atoms with Gasteiger partial charge in [0.1, 0.15) is 6.04 Å². The van der Waals surface area contributed by atoms with Gasteiger partial charge in [0.05, 0.1) is 0 Å². The van der Waals surface area contributed by atoms with Crippen LogP contribution in [0.15, 0.2) is 12.7 Å². The molecule has 0 aromatic carbocycles. The molecule has 0 aromatic heterocycles. The molecule has 0 aliphatic rings. The van der Waals surface area contributed by atoms with Gasteiger partial charge >= 0.3 is 12.0 Å². The van der Waals surface area contributed by atoms with Gasteiger partial charge in [-0.25, -0.2) is 9.59 Å². The molecule has 16 heavy (non-hydrogen) atoms. The maximum Gasteiger partial charge on any atom is 0.326 e. The molecule has 0 saturated heterocycles. The number of aliphatic carboxylic acids is 1. The number of carbonyl (C=O) groups excluding carboxylic acids is 1. The number of rotatable bonds is 6. The summed E-state index contributed by atoms with van der Waals surface area (Å²) in [5.74, 6) is -1.02. The van der Waals surface area contributed by atoms with Crippen LogP contribution >= 0.6 is 0 Å². The van der Waals surface area contributed by atoms with Crippen molar-refractivity contribution >= 4 is 12.0 Å². The number of carbonyl (C=O) groups is 2. The lowest BCUT2D eigenvalue weighted by Crippen LogP contribution is -2.50. The Morgan fingerprint density at radius 1 is 1.50 bits per heavy atom. The number of amides is 2. The quantitative estimate of drug-likeness (QED) is 0.676. The van der Waals surface area contributed by atoms with Crippen LogP contribution in [0.2, 0.25) is 0 Å². The Kier molecular flexibility index (Phi) is 6.22. The van der Waals surface area contributed by atoms with Crippen molar-refractivity contribution < 1.29 is 14.7 Å². The average molecular weight is 228 g/mol. The highest BCUT2D eigenvalue weighted by atomic mass is 16.4. The summed E-state index contributed by atoms with van der Waals surface area (Å²) in [7, 11) is 0. The number of urea groups is 1. The lowest BCUT2D eigenvalue weighted by Gasteiger charge is -2.27. The van der Waals surface area contributed by atoms with Crippen molar-refractivity contribution in [1.29, 1.82) is 0 Å². The van der Waals surface area contributed by atoms with Crippen LogP contribution in [0, 0.1) is 0 Å². The van der Waals surface area contributed by atoms with E-state index in [0.29, 0.717) is 13.0 Å². The van der Waals surface area contributed by atoms with Crippen molar-refractivity contribution in [3.05, 3.63) is 12.7 Å². The lowest BCUT2D eigenvalue weighted by molar-refractivity contribution is -0.139. The van der Waals surface area contributed by atoms with Gasteiger partial charge in [0.15, 0.2) is 0 Å². The van der Waals surface area contributed by atoms with E-state index in [4.69, 9.17) is 5.11 Å². The number of hydrogen-bond donors (Lipinski definition) is 2. The van der Waals surface area contributed by atoms with Gasteiger partial charge in [-0.15, -0.1) is 6.58 Å². The Morgan fingerprint density at radius 3 is 2.38 bits per heavy atom. The first-order valence-corrected chi connectivity index (χ1v) is 5.34. The maximum absolute atomic E-state index is 11.8. The van der Waals surface area contributed by atoms with Crippen molar-refractivity contribution in [3.63, 3.8) is 0 Å². The van der Waals surface area contributed by atoms with E-state index in [1.807, 2.05) is 13.8 Å². The summed E-state index contributed by atoms with van der Waals surface area (Å²) in [5, 5.41) is 11.3. The highest BCUT2D eigenvalue weighted by molar-refractivity contribution is 5.82. The molecule has 2 amide bonds. The first-order valence-electron chi connectivity index (χ1n) is 5.34. The van der Waals surface area contributed by atoms with Crippen molar-refractivity contribution in [1.82, 2.24) is 10.2 Å². The topological polar surface area (TPSA) is 69.6 Å². The standard InChI is InChI=1S/C11H20N2O3/c1-5-7-13(8(3)4)11(16)12-9(6-2)10(14)15/h5,8-9H,1,6-7H2,2-4H3,(H,12,16)(H,14,15). The molecule has 0 saturated carbocycles. The van der Waals surface area contributed by atoms with E-state index in [1.54, 1.807) is 13.0 Å². The maximum atomic E-state index is 11.8. The van der Waals surface area contributed by atoms with E-state index in [0.717, 1.165) is 0 Å². The Hall–Kier alpha value is -1.52. The summed E-state index contributed by atoms with van der Waals surface area (Å²) in [6, 6.07) is -1.20. The number of nitrogens with one attached hydrogen (secondary N) is 1. The van der Waals surface area contributed by atoms with Crippen molar-refractivity contribution in [2.45, 2.75) is 39.3 Å². The fraction of sp³-hybridized carbons (Fsp3) is 0.636. The van der Waals surface area contributed by atoms with Crippen LogP contribution in [0.4, 0.5) is 4.79 Å². The van der Waals surface area contributed by atoms with Crippen molar-refractivity contribution in [2.24, 2.45) is 0 Å². The molecule has 5 nitrogen and oxygen atoms in total. The predicted octanol–water partition coefficient (Wildman–Crippen LogP) is 1.46. The third-order valence-electron chi connectivity index (χ3n) is 2.21. The third kappa shape index (κ3) is 4.33. The van der Waals surface area contributed by atoms with Crippen LogP contribution < -0.4 is 5.32 Å². The molecule has 0 fully saturated rings. The van der Waals surface area contributed by atoms with Crippen molar-refractivity contribution in [2.75, 3.05) is 6.54 Å². The molecule has 0 aliphatic carbocycles. The fourth-order valence-corrected chi connectivity index (χ4v) is 1.24. The minimum Gasteiger partial charge on any atom is -0.480 e. The minimum absolute atomic E-state index is 0.00398. The first-order chi connectivity index (χ1) is 7.43. The van der Waals surface area contributed by atoms with Crippen LogP contribution in [0.1, 0.15) is 27.2 Å².